The van der Waals surface area contributed by atoms with Gasteiger partial charge < -0.3 is 15.4 Å². The van der Waals surface area contributed by atoms with Gasteiger partial charge in [-0.15, -0.1) is 0 Å². The van der Waals surface area contributed by atoms with Crippen LogP contribution in [0.4, 0.5) is 0 Å². The number of hydrogen-bond acceptors (Lipinski definition) is 4. The number of carbonyl (C=O) groups excluding carboxylic acids is 1. The van der Waals surface area contributed by atoms with E-state index >= 15 is 0 Å². The maximum Gasteiger partial charge on any atom is 0.264 e. The van der Waals surface area contributed by atoms with E-state index in [9.17, 15) is 10.0 Å². The third-order valence-electron chi connectivity index (χ3n) is 4.52. The Kier molecular flexibility index (Phi) is 6.07. The van der Waals surface area contributed by atoms with Gasteiger partial charge >= 0.3 is 0 Å². The lowest BCUT2D eigenvalue weighted by Gasteiger charge is -2.11. The molecule has 6 nitrogen and oxygen atoms in total. The molecular formula is C20H26N3O3+. The van der Waals surface area contributed by atoms with Crippen LogP contribution in [0.25, 0.3) is 11.3 Å². The lowest BCUT2D eigenvalue weighted by Crippen LogP contribution is -2.38. The van der Waals surface area contributed by atoms with Crippen LogP contribution in [0.1, 0.15) is 25.3 Å². The summed E-state index contributed by atoms with van der Waals surface area (Å²) < 4.78 is 6.50. The minimum absolute atomic E-state index is 0.0347. The lowest BCUT2D eigenvalue weighted by atomic mass is 10.1. The van der Waals surface area contributed by atoms with Gasteiger partial charge in [0.1, 0.15) is 5.75 Å². The van der Waals surface area contributed by atoms with Crippen molar-refractivity contribution in [1.29, 1.82) is 0 Å². The van der Waals surface area contributed by atoms with Crippen LogP contribution in [0.5, 0.6) is 5.75 Å². The second kappa shape index (κ2) is 8.67. The highest BCUT2D eigenvalue weighted by Crippen LogP contribution is 2.20. The van der Waals surface area contributed by atoms with E-state index in [0.29, 0.717) is 24.9 Å². The molecule has 26 heavy (non-hydrogen) atoms. The molecular weight excluding hydrogens is 330 g/mol. The van der Waals surface area contributed by atoms with Gasteiger partial charge in [-0.25, -0.2) is 0 Å². The summed E-state index contributed by atoms with van der Waals surface area (Å²) in [5.41, 5.74) is 2.30. The van der Waals surface area contributed by atoms with Crippen molar-refractivity contribution in [2.24, 2.45) is 0 Å². The number of pyridine rings is 1. The predicted molar refractivity (Wildman–Crippen MR) is 98.2 cm³/mol. The number of nitrogens with one attached hydrogen (secondary N) is 2. The number of carbonyl (C=O) groups is 1. The van der Waals surface area contributed by atoms with Crippen molar-refractivity contribution in [2.45, 2.75) is 32.2 Å². The third kappa shape index (κ3) is 4.73. The summed E-state index contributed by atoms with van der Waals surface area (Å²) in [6.45, 7) is 4.24. The Morgan fingerprint density at radius 2 is 2.12 bits per heavy atom. The number of ether oxygens (including phenoxy) is 1. The van der Waals surface area contributed by atoms with E-state index in [1.807, 2.05) is 43.3 Å². The van der Waals surface area contributed by atoms with Gasteiger partial charge in [0.05, 0.1) is 18.6 Å². The first-order chi connectivity index (χ1) is 12.7. The molecule has 1 fully saturated rings. The molecule has 6 heteroatoms. The Morgan fingerprint density at radius 3 is 2.77 bits per heavy atom. The topological polar surface area (TPSA) is 74.5 Å². The summed E-state index contributed by atoms with van der Waals surface area (Å²) in [4.78, 5) is 12.1. The van der Waals surface area contributed by atoms with Crippen LogP contribution in [0.2, 0.25) is 0 Å². The molecule has 2 heterocycles. The Bertz CT molecular complexity index is 740. The third-order valence-corrected chi connectivity index (χ3v) is 4.52. The van der Waals surface area contributed by atoms with Crippen LogP contribution in [0.3, 0.4) is 0 Å². The molecule has 0 radical (unpaired) electrons. The Labute approximate surface area is 153 Å². The second-order valence-corrected chi connectivity index (χ2v) is 6.50. The number of aromatic nitrogens is 1. The number of amides is 1. The quantitative estimate of drug-likeness (QED) is 0.521. The standard InChI is InChI=1S/C20H25N3O3/c1-2-26-18-8-6-16(7-9-18)19-10-5-15(14-23(19)25)12-20(24)22-13-17-4-3-11-21-17/h5-10,14,17,21H,2-4,11-13H2,1H3,(H-,22,24,25)/p+1. The normalized spacial score (nSPS) is 16.4. The maximum absolute atomic E-state index is 12.1. The van der Waals surface area contributed by atoms with Crippen LogP contribution in [0, 0.1) is 0 Å². The highest BCUT2D eigenvalue weighted by Gasteiger charge is 2.17. The van der Waals surface area contributed by atoms with Crippen LogP contribution in [-0.2, 0) is 11.2 Å². The van der Waals surface area contributed by atoms with Gasteiger partial charge in [-0.05, 0) is 56.6 Å². The molecule has 0 bridgehead atoms. The molecule has 2 aromatic rings. The highest BCUT2D eigenvalue weighted by atomic mass is 16.5. The van der Waals surface area contributed by atoms with Crippen LogP contribution >= 0.6 is 0 Å². The number of nitrogens with zero attached hydrogens (tertiary/aromatic N) is 1. The fraction of sp³-hybridized carbons (Fsp3) is 0.400. The van der Waals surface area contributed by atoms with Crippen molar-refractivity contribution in [3.05, 3.63) is 48.2 Å². The van der Waals surface area contributed by atoms with E-state index in [1.165, 1.54) is 0 Å². The fourth-order valence-electron chi connectivity index (χ4n) is 3.17. The zero-order valence-electron chi connectivity index (χ0n) is 15.1. The van der Waals surface area contributed by atoms with Crippen molar-refractivity contribution < 1.29 is 19.5 Å². The number of rotatable bonds is 7. The summed E-state index contributed by atoms with van der Waals surface area (Å²) in [7, 11) is 0. The molecule has 1 aromatic heterocycles. The molecule has 1 saturated heterocycles. The lowest BCUT2D eigenvalue weighted by molar-refractivity contribution is -0.896. The summed E-state index contributed by atoms with van der Waals surface area (Å²) in [5.74, 6) is 0.762. The number of hydrogen-bond donors (Lipinski definition) is 3. The minimum atomic E-state index is -0.0347. The molecule has 1 aromatic carbocycles. The SMILES string of the molecule is CCOc1ccc(-c2ccc(CC(=O)NCC3CCCN3)c[n+]2O)cc1. The van der Waals surface area contributed by atoms with E-state index in [2.05, 4.69) is 10.6 Å². The molecule has 1 amide bonds. The van der Waals surface area contributed by atoms with E-state index in [4.69, 9.17) is 4.74 Å². The van der Waals surface area contributed by atoms with Crippen LogP contribution in [0.15, 0.2) is 42.6 Å². The predicted octanol–water partition coefficient (Wildman–Crippen LogP) is 1.69. The number of benzene rings is 1. The first-order valence-electron chi connectivity index (χ1n) is 9.13. The van der Waals surface area contributed by atoms with Crippen LogP contribution < -0.4 is 20.1 Å². The fourth-order valence-corrected chi connectivity index (χ4v) is 3.17. The van der Waals surface area contributed by atoms with Gasteiger partial charge in [0.25, 0.3) is 5.69 Å². The van der Waals surface area contributed by atoms with E-state index in [0.717, 1.165) is 41.0 Å². The van der Waals surface area contributed by atoms with Gasteiger partial charge in [-0.2, -0.15) is 0 Å². The Hall–Kier alpha value is -2.60. The van der Waals surface area contributed by atoms with Gasteiger partial charge in [-0.1, -0.05) is 0 Å². The zero-order chi connectivity index (χ0) is 18.4. The average molecular weight is 356 g/mol. The van der Waals surface area contributed by atoms with Gasteiger partial charge in [-0.3, -0.25) is 10.0 Å². The summed E-state index contributed by atoms with van der Waals surface area (Å²) >= 11 is 0. The van der Waals surface area contributed by atoms with Gasteiger partial charge in [0, 0.05) is 28.9 Å². The first-order valence-corrected chi connectivity index (χ1v) is 9.13. The monoisotopic (exact) mass is 356 g/mol. The Morgan fingerprint density at radius 1 is 1.31 bits per heavy atom. The zero-order valence-corrected chi connectivity index (χ0v) is 15.1. The largest absolute Gasteiger partial charge is 0.494 e. The molecule has 3 N–H and O–H groups in total. The summed E-state index contributed by atoms with van der Waals surface area (Å²) in [6, 6.07) is 11.6. The first kappa shape index (κ1) is 18.2. The van der Waals surface area contributed by atoms with E-state index in [-0.39, 0.29) is 12.3 Å². The van der Waals surface area contributed by atoms with E-state index in [1.54, 1.807) is 6.20 Å². The molecule has 138 valence electrons. The van der Waals surface area contributed by atoms with Crippen molar-refractivity contribution in [3.63, 3.8) is 0 Å². The molecule has 0 spiro atoms. The molecule has 3 rings (SSSR count). The molecule has 1 atom stereocenters. The maximum atomic E-state index is 12.1. The molecule has 1 unspecified atom stereocenters. The smallest absolute Gasteiger partial charge is 0.264 e. The van der Waals surface area contributed by atoms with Gasteiger partial charge in [0.2, 0.25) is 12.1 Å². The van der Waals surface area contributed by atoms with Crippen molar-refractivity contribution in [3.8, 4) is 17.0 Å². The van der Waals surface area contributed by atoms with Crippen molar-refractivity contribution in [2.75, 3.05) is 19.7 Å². The Balaban J connectivity index is 1.60. The highest BCUT2D eigenvalue weighted by molar-refractivity contribution is 5.78. The van der Waals surface area contributed by atoms with Crippen molar-refractivity contribution >= 4 is 5.91 Å². The molecule has 1 aliphatic heterocycles. The van der Waals surface area contributed by atoms with Gasteiger partial charge in [0.15, 0.2) is 0 Å². The molecule has 0 saturated carbocycles. The summed E-state index contributed by atoms with van der Waals surface area (Å²) in [6.07, 6.45) is 4.10. The second-order valence-electron chi connectivity index (χ2n) is 6.50. The van der Waals surface area contributed by atoms with Crippen LogP contribution in [-0.4, -0.2) is 36.9 Å². The molecule has 1 aliphatic rings. The minimum Gasteiger partial charge on any atom is -0.494 e. The summed E-state index contributed by atoms with van der Waals surface area (Å²) in [5, 5.41) is 16.6. The van der Waals surface area contributed by atoms with E-state index < -0.39 is 0 Å². The average Bonchev–Trinajstić information content (AvgIpc) is 3.15. The van der Waals surface area contributed by atoms with Crippen molar-refractivity contribution in [1.82, 2.24) is 10.6 Å². The molecule has 0 aliphatic carbocycles.